The van der Waals surface area contributed by atoms with Crippen molar-refractivity contribution in [2.75, 3.05) is 7.11 Å². The Morgan fingerprint density at radius 2 is 1.62 bits per heavy atom. The van der Waals surface area contributed by atoms with Gasteiger partial charge in [0.05, 0.1) is 18.2 Å². The van der Waals surface area contributed by atoms with Crippen molar-refractivity contribution >= 4 is 22.1 Å². The van der Waals surface area contributed by atoms with Gasteiger partial charge in [0.15, 0.2) is 0 Å². The third-order valence-corrected chi connectivity index (χ3v) is 7.34. The van der Waals surface area contributed by atoms with E-state index in [1.165, 1.54) is 23.5 Å². The Morgan fingerprint density at radius 3 is 2.27 bits per heavy atom. The van der Waals surface area contributed by atoms with Gasteiger partial charge in [-0.15, -0.1) is 0 Å². The summed E-state index contributed by atoms with van der Waals surface area (Å²) < 4.78 is 33.6. The van der Waals surface area contributed by atoms with Gasteiger partial charge >= 0.3 is 0 Å². The van der Waals surface area contributed by atoms with Crippen LogP contribution in [0.5, 0.6) is 5.75 Å². The molecule has 0 spiro atoms. The van der Waals surface area contributed by atoms with E-state index in [0.717, 1.165) is 16.7 Å². The molecule has 1 amide bonds. The molecule has 0 atom stereocenters. The molecule has 3 aromatic carbocycles. The van der Waals surface area contributed by atoms with Crippen LogP contribution in [-0.4, -0.2) is 36.9 Å². The second-order valence-corrected chi connectivity index (χ2v) is 10.1. The van der Waals surface area contributed by atoms with Crippen molar-refractivity contribution in [1.82, 2.24) is 14.7 Å². The summed E-state index contributed by atoms with van der Waals surface area (Å²) in [6, 6.07) is 26.0. The number of nitrogens with zero attached hydrogens (tertiary/aromatic N) is 3. The van der Waals surface area contributed by atoms with Crippen LogP contribution in [0.2, 0.25) is 0 Å². The van der Waals surface area contributed by atoms with Crippen LogP contribution in [0.15, 0.2) is 113 Å². The van der Waals surface area contributed by atoms with E-state index < -0.39 is 10.0 Å². The van der Waals surface area contributed by atoms with Gasteiger partial charge in [-0.3, -0.25) is 9.78 Å². The number of nitrogens with one attached hydrogen (secondary N) is 1. The summed E-state index contributed by atoms with van der Waals surface area (Å²) in [6.45, 7) is 0.246. The Morgan fingerprint density at radius 1 is 0.919 bits per heavy atom. The second-order valence-electron chi connectivity index (χ2n) is 8.12. The molecule has 0 bridgehead atoms. The number of methoxy groups -OCH3 is 1. The molecule has 1 heterocycles. The van der Waals surface area contributed by atoms with E-state index >= 15 is 0 Å². The third kappa shape index (κ3) is 6.87. The first-order valence-corrected chi connectivity index (χ1v) is 12.9. The normalized spacial score (nSPS) is 11.5. The van der Waals surface area contributed by atoms with Crippen LogP contribution in [0.3, 0.4) is 0 Å². The van der Waals surface area contributed by atoms with Gasteiger partial charge in [-0.2, -0.15) is 9.41 Å². The van der Waals surface area contributed by atoms with Gasteiger partial charge in [-0.1, -0.05) is 48.5 Å². The van der Waals surface area contributed by atoms with Gasteiger partial charge in [0.25, 0.3) is 5.91 Å². The summed E-state index contributed by atoms with van der Waals surface area (Å²) in [4.78, 5) is 16.7. The lowest BCUT2D eigenvalue weighted by Crippen LogP contribution is -2.30. The number of ether oxygens (including phenoxy) is 1. The van der Waals surface area contributed by atoms with Crippen LogP contribution >= 0.6 is 0 Å². The van der Waals surface area contributed by atoms with E-state index in [1.54, 1.807) is 61.1 Å². The molecule has 9 heteroatoms. The zero-order valence-corrected chi connectivity index (χ0v) is 21.0. The van der Waals surface area contributed by atoms with E-state index in [1.807, 2.05) is 36.4 Å². The van der Waals surface area contributed by atoms with Crippen molar-refractivity contribution in [2.24, 2.45) is 5.10 Å². The highest BCUT2D eigenvalue weighted by molar-refractivity contribution is 7.89. The molecule has 0 saturated heterocycles. The van der Waals surface area contributed by atoms with Gasteiger partial charge in [-0.05, 0) is 59.2 Å². The summed E-state index contributed by atoms with van der Waals surface area (Å²) >= 11 is 0. The summed E-state index contributed by atoms with van der Waals surface area (Å²) in [5, 5.41) is 3.99. The second kappa shape index (κ2) is 12.1. The highest BCUT2D eigenvalue weighted by Gasteiger charge is 2.25. The van der Waals surface area contributed by atoms with Crippen molar-refractivity contribution in [3.05, 3.63) is 126 Å². The topological polar surface area (TPSA) is 101 Å². The lowest BCUT2D eigenvalue weighted by molar-refractivity contribution is 0.0955. The van der Waals surface area contributed by atoms with Crippen molar-refractivity contribution in [1.29, 1.82) is 0 Å². The molecule has 8 nitrogen and oxygen atoms in total. The van der Waals surface area contributed by atoms with Crippen LogP contribution < -0.4 is 10.2 Å². The fourth-order valence-electron chi connectivity index (χ4n) is 3.55. The number of carbonyl (C=O) groups excluding carboxylic acids is 1. The minimum absolute atomic E-state index is 0.108. The van der Waals surface area contributed by atoms with E-state index in [-0.39, 0.29) is 23.9 Å². The number of pyridine rings is 1. The quantitative estimate of drug-likeness (QED) is 0.252. The van der Waals surface area contributed by atoms with Gasteiger partial charge in [0, 0.05) is 31.0 Å². The molecule has 0 unspecified atom stereocenters. The molecule has 37 heavy (non-hydrogen) atoms. The van der Waals surface area contributed by atoms with Crippen LogP contribution in [0.25, 0.3) is 0 Å². The summed E-state index contributed by atoms with van der Waals surface area (Å²) in [5.41, 5.74) is 5.26. The summed E-state index contributed by atoms with van der Waals surface area (Å²) in [7, 11) is -2.31. The number of hydrogen-bond donors (Lipinski definition) is 1. The molecule has 1 N–H and O–H groups in total. The van der Waals surface area contributed by atoms with Crippen molar-refractivity contribution in [3.63, 3.8) is 0 Å². The molecule has 4 rings (SSSR count). The van der Waals surface area contributed by atoms with Gasteiger partial charge in [0.2, 0.25) is 10.0 Å². The van der Waals surface area contributed by atoms with E-state index in [9.17, 15) is 13.2 Å². The number of hydrazone groups is 1. The molecule has 0 aliphatic carbocycles. The maximum atomic E-state index is 13.5. The predicted molar refractivity (Wildman–Crippen MR) is 142 cm³/mol. The monoisotopic (exact) mass is 514 g/mol. The van der Waals surface area contributed by atoms with Crippen LogP contribution in [0.1, 0.15) is 27.0 Å². The third-order valence-electron chi connectivity index (χ3n) is 5.53. The molecular formula is C28H26N4O4S. The number of hydrogen-bond acceptors (Lipinski definition) is 6. The largest absolute Gasteiger partial charge is 0.497 e. The maximum absolute atomic E-state index is 13.5. The fourth-order valence-corrected chi connectivity index (χ4v) is 4.97. The minimum Gasteiger partial charge on any atom is -0.497 e. The van der Waals surface area contributed by atoms with Crippen molar-refractivity contribution in [2.45, 2.75) is 18.0 Å². The number of amides is 1. The highest BCUT2D eigenvalue weighted by atomic mass is 32.2. The first-order chi connectivity index (χ1) is 18.0. The number of aromatic nitrogens is 1. The standard InChI is InChI=1S/C28H26N4O4S/c1-36-26-13-15-27(16-14-26)37(34,35)32(21-24-8-5-17-29-18-24)20-23-9-11-25(12-10-23)28(33)31-30-19-22-6-3-2-4-7-22/h2-19H,20-21H2,1H3,(H,31,33)/b30-19-. The smallest absolute Gasteiger partial charge is 0.271 e. The van der Waals surface area contributed by atoms with E-state index in [2.05, 4.69) is 15.5 Å². The minimum atomic E-state index is -3.84. The van der Waals surface area contributed by atoms with Crippen molar-refractivity contribution < 1.29 is 17.9 Å². The number of rotatable bonds is 10. The molecule has 188 valence electrons. The van der Waals surface area contributed by atoms with E-state index in [0.29, 0.717) is 11.3 Å². The van der Waals surface area contributed by atoms with Crippen LogP contribution in [0, 0.1) is 0 Å². The summed E-state index contributed by atoms with van der Waals surface area (Å²) in [6.07, 6.45) is 4.84. The maximum Gasteiger partial charge on any atom is 0.271 e. The Balaban J connectivity index is 1.50. The average Bonchev–Trinajstić information content (AvgIpc) is 2.94. The van der Waals surface area contributed by atoms with Crippen LogP contribution in [-0.2, 0) is 23.1 Å². The predicted octanol–water partition coefficient (Wildman–Crippen LogP) is 4.25. The molecule has 4 aromatic rings. The Labute approximate surface area is 216 Å². The fraction of sp³-hybridized carbons (Fsp3) is 0.107. The van der Waals surface area contributed by atoms with Crippen molar-refractivity contribution in [3.8, 4) is 5.75 Å². The number of sulfonamides is 1. The molecule has 0 aliphatic heterocycles. The summed E-state index contributed by atoms with van der Waals surface area (Å²) in [5.74, 6) is 0.205. The SMILES string of the molecule is COc1ccc(S(=O)(=O)N(Cc2ccc(C(=O)N/N=C\c3ccccc3)cc2)Cc2cccnc2)cc1. The van der Waals surface area contributed by atoms with Gasteiger partial charge in [0.1, 0.15) is 5.75 Å². The Kier molecular flexibility index (Phi) is 8.40. The molecule has 0 fully saturated rings. The zero-order valence-electron chi connectivity index (χ0n) is 20.2. The molecule has 1 aromatic heterocycles. The average molecular weight is 515 g/mol. The number of carbonyl (C=O) groups is 1. The molecular weight excluding hydrogens is 488 g/mol. The molecule has 0 saturated carbocycles. The van der Waals surface area contributed by atoms with E-state index in [4.69, 9.17) is 4.74 Å². The first-order valence-electron chi connectivity index (χ1n) is 11.5. The zero-order chi connectivity index (χ0) is 26.1. The van der Waals surface area contributed by atoms with Crippen LogP contribution in [0.4, 0.5) is 0 Å². The number of benzene rings is 3. The molecule has 0 aliphatic rings. The Hall–Kier alpha value is -4.34. The van der Waals surface area contributed by atoms with Gasteiger partial charge < -0.3 is 4.74 Å². The Bertz CT molecular complexity index is 1440. The lowest BCUT2D eigenvalue weighted by atomic mass is 10.1. The lowest BCUT2D eigenvalue weighted by Gasteiger charge is -2.22. The highest BCUT2D eigenvalue weighted by Crippen LogP contribution is 2.23. The van der Waals surface area contributed by atoms with Gasteiger partial charge in [-0.25, -0.2) is 13.8 Å². The molecule has 0 radical (unpaired) electrons. The first kappa shape index (κ1) is 25.7.